The average Bonchev–Trinajstić information content (AvgIpc) is 3.16. The van der Waals surface area contributed by atoms with Gasteiger partial charge in [0.1, 0.15) is 4.75 Å². The maximum Gasteiger partial charge on any atom is 0.242 e. The van der Waals surface area contributed by atoms with Crippen LogP contribution in [0.1, 0.15) is 51.4 Å². The third-order valence-corrected chi connectivity index (χ3v) is 7.26. The van der Waals surface area contributed by atoms with Crippen molar-refractivity contribution in [2.24, 2.45) is 16.8 Å². The summed E-state index contributed by atoms with van der Waals surface area (Å²) in [7, 11) is 1.76. The lowest BCUT2D eigenvalue weighted by atomic mass is 9.85. The van der Waals surface area contributed by atoms with E-state index in [4.69, 9.17) is 9.73 Å². The molecule has 2 bridgehead atoms. The molecule has 0 aromatic heterocycles. The first-order chi connectivity index (χ1) is 10.2. The number of amides is 1. The van der Waals surface area contributed by atoms with E-state index in [1.165, 1.54) is 25.7 Å². The van der Waals surface area contributed by atoms with Crippen LogP contribution in [0.2, 0.25) is 0 Å². The molecule has 3 saturated carbocycles. The van der Waals surface area contributed by atoms with Crippen LogP contribution in [0.3, 0.4) is 0 Å². The van der Waals surface area contributed by atoms with Crippen molar-refractivity contribution in [2.75, 3.05) is 7.11 Å². The number of carbonyl (C=O) groups excluding carboxylic acids is 1. The molecular formula is C16H24N2O2S. The number of rotatable bonds is 2. The number of aliphatic imine (C=N–C) groups is 1. The first-order valence-corrected chi connectivity index (χ1v) is 9.11. The van der Waals surface area contributed by atoms with E-state index >= 15 is 0 Å². The van der Waals surface area contributed by atoms with Crippen molar-refractivity contribution in [1.82, 2.24) is 5.32 Å². The van der Waals surface area contributed by atoms with E-state index in [1.54, 1.807) is 18.9 Å². The summed E-state index contributed by atoms with van der Waals surface area (Å²) in [5, 5.41) is 3.95. The molecule has 1 spiro atoms. The van der Waals surface area contributed by atoms with E-state index in [-0.39, 0.29) is 16.8 Å². The summed E-state index contributed by atoms with van der Waals surface area (Å²) in [6, 6.07) is 0.462. The molecule has 4 rings (SSSR count). The van der Waals surface area contributed by atoms with Crippen molar-refractivity contribution in [1.29, 1.82) is 0 Å². The SMILES string of the molecule is COC1CCC[C@@]2(C1)SC(=N[C@@H]1CC3CCC1C3)NC2=O. The van der Waals surface area contributed by atoms with Gasteiger partial charge in [0.25, 0.3) is 0 Å². The highest BCUT2D eigenvalue weighted by Crippen LogP contribution is 2.48. The summed E-state index contributed by atoms with van der Waals surface area (Å²) in [6.45, 7) is 0. The van der Waals surface area contributed by atoms with Gasteiger partial charge in [0.2, 0.25) is 5.91 Å². The molecule has 1 aliphatic heterocycles. The van der Waals surface area contributed by atoms with Crippen molar-refractivity contribution in [3.63, 3.8) is 0 Å². The summed E-state index contributed by atoms with van der Waals surface area (Å²) >= 11 is 1.68. The van der Waals surface area contributed by atoms with Crippen LogP contribution in [0.25, 0.3) is 0 Å². The fourth-order valence-corrected chi connectivity index (χ4v) is 6.10. The minimum Gasteiger partial charge on any atom is -0.381 e. The number of hydrogen-bond donors (Lipinski definition) is 1. The van der Waals surface area contributed by atoms with Gasteiger partial charge in [-0.15, -0.1) is 0 Å². The van der Waals surface area contributed by atoms with Gasteiger partial charge in [-0.3, -0.25) is 9.79 Å². The molecule has 5 heteroatoms. The second-order valence-electron chi connectivity index (χ2n) is 7.18. The lowest BCUT2D eigenvalue weighted by Crippen LogP contribution is -2.42. The molecule has 1 amide bonds. The Bertz CT molecular complexity index is 481. The van der Waals surface area contributed by atoms with E-state index < -0.39 is 0 Å². The predicted molar refractivity (Wildman–Crippen MR) is 84.4 cm³/mol. The van der Waals surface area contributed by atoms with Crippen LogP contribution in [-0.4, -0.2) is 35.1 Å². The zero-order valence-corrected chi connectivity index (χ0v) is 13.5. The number of methoxy groups -OCH3 is 1. The second-order valence-corrected chi connectivity index (χ2v) is 8.55. The summed E-state index contributed by atoms with van der Waals surface area (Å²) in [5.74, 6) is 1.83. The standard InChI is InChI=1S/C16H24N2O2S/c1-20-12-3-2-6-16(9-12)14(19)18-15(21-16)17-13-8-10-4-5-11(13)7-10/h10-13H,2-9H2,1H3,(H,17,18,19)/t10?,11?,12?,13-,16+/m1/s1. The van der Waals surface area contributed by atoms with Crippen molar-refractivity contribution >= 4 is 22.8 Å². The highest BCUT2D eigenvalue weighted by atomic mass is 32.2. The molecule has 1 saturated heterocycles. The first kappa shape index (κ1) is 14.1. The normalized spacial score (nSPS) is 47.5. The monoisotopic (exact) mass is 308 g/mol. The quantitative estimate of drug-likeness (QED) is 0.853. The molecule has 0 radical (unpaired) electrons. The van der Waals surface area contributed by atoms with Crippen molar-refractivity contribution in [2.45, 2.75) is 68.3 Å². The molecule has 3 aliphatic carbocycles. The Labute approximate surface area is 130 Å². The fraction of sp³-hybridized carbons (Fsp3) is 0.875. The number of thioether (sulfide) groups is 1. The molecule has 116 valence electrons. The van der Waals surface area contributed by atoms with Crippen LogP contribution in [0.5, 0.6) is 0 Å². The highest BCUT2D eigenvalue weighted by Gasteiger charge is 2.50. The van der Waals surface area contributed by atoms with Gasteiger partial charge in [-0.25, -0.2) is 0 Å². The van der Waals surface area contributed by atoms with Gasteiger partial charge < -0.3 is 10.1 Å². The number of fused-ring (bicyclic) bond motifs is 2. The van der Waals surface area contributed by atoms with Gasteiger partial charge in [0.15, 0.2) is 5.17 Å². The van der Waals surface area contributed by atoms with Gasteiger partial charge >= 0.3 is 0 Å². The Morgan fingerprint density at radius 3 is 2.95 bits per heavy atom. The van der Waals surface area contributed by atoms with Crippen molar-refractivity contribution in [3.05, 3.63) is 0 Å². The number of nitrogens with one attached hydrogen (secondary N) is 1. The van der Waals surface area contributed by atoms with Crippen LogP contribution < -0.4 is 5.32 Å². The number of ether oxygens (including phenoxy) is 1. The van der Waals surface area contributed by atoms with E-state index in [0.29, 0.717) is 6.04 Å². The number of nitrogens with zero attached hydrogens (tertiary/aromatic N) is 1. The van der Waals surface area contributed by atoms with Gasteiger partial charge in [-0.2, -0.15) is 0 Å². The Morgan fingerprint density at radius 2 is 2.24 bits per heavy atom. The summed E-state index contributed by atoms with van der Waals surface area (Å²) in [5.41, 5.74) is 0. The van der Waals surface area contributed by atoms with E-state index in [2.05, 4.69) is 5.32 Å². The van der Waals surface area contributed by atoms with Crippen molar-refractivity contribution < 1.29 is 9.53 Å². The zero-order valence-electron chi connectivity index (χ0n) is 12.6. The van der Waals surface area contributed by atoms with E-state index in [1.807, 2.05) is 0 Å². The molecule has 4 nitrogen and oxygen atoms in total. The largest absolute Gasteiger partial charge is 0.381 e. The maximum atomic E-state index is 12.5. The summed E-state index contributed by atoms with van der Waals surface area (Å²) < 4.78 is 5.19. The fourth-order valence-electron chi connectivity index (χ4n) is 4.73. The van der Waals surface area contributed by atoms with Gasteiger partial charge in [-0.05, 0) is 56.8 Å². The Balaban J connectivity index is 1.49. The number of carbonyl (C=O) groups is 1. The maximum absolute atomic E-state index is 12.5. The Kier molecular flexibility index (Phi) is 3.53. The Hall–Kier alpha value is -0.550. The van der Waals surface area contributed by atoms with Gasteiger partial charge in [-0.1, -0.05) is 18.2 Å². The second kappa shape index (κ2) is 5.27. The average molecular weight is 308 g/mol. The smallest absolute Gasteiger partial charge is 0.242 e. The number of amidine groups is 1. The van der Waals surface area contributed by atoms with Crippen LogP contribution >= 0.6 is 11.8 Å². The summed E-state index contributed by atoms with van der Waals surface area (Å²) in [6.07, 6.45) is 9.47. The molecule has 0 aromatic rings. The predicted octanol–water partition coefficient (Wildman–Crippen LogP) is 2.72. The lowest BCUT2D eigenvalue weighted by Gasteiger charge is -2.33. The molecule has 4 fully saturated rings. The molecule has 0 aromatic carbocycles. The molecule has 5 atom stereocenters. The lowest BCUT2D eigenvalue weighted by molar-refractivity contribution is -0.123. The van der Waals surface area contributed by atoms with Crippen molar-refractivity contribution in [3.8, 4) is 0 Å². The Morgan fingerprint density at radius 1 is 1.33 bits per heavy atom. The molecule has 1 N–H and O–H groups in total. The van der Waals surface area contributed by atoms with Crippen LogP contribution in [0, 0.1) is 11.8 Å². The molecule has 3 unspecified atom stereocenters. The molecule has 1 heterocycles. The van der Waals surface area contributed by atoms with E-state index in [0.717, 1.165) is 42.7 Å². The van der Waals surface area contributed by atoms with E-state index in [9.17, 15) is 4.79 Å². The first-order valence-electron chi connectivity index (χ1n) is 8.29. The molecule has 21 heavy (non-hydrogen) atoms. The third kappa shape index (κ3) is 2.42. The summed E-state index contributed by atoms with van der Waals surface area (Å²) in [4.78, 5) is 17.4. The van der Waals surface area contributed by atoms with Gasteiger partial charge in [0, 0.05) is 7.11 Å². The molecule has 4 aliphatic rings. The highest BCUT2D eigenvalue weighted by molar-refractivity contribution is 8.16. The molecular weight excluding hydrogens is 284 g/mol. The van der Waals surface area contributed by atoms with Crippen LogP contribution in [0.4, 0.5) is 0 Å². The minimum atomic E-state index is -0.310. The van der Waals surface area contributed by atoms with Crippen LogP contribution in [0.15, 0.2) is 4.99 Å². The third-order valence-electron chi connectivity index (χ3n) is 5.91. The number of hydrogen-bond acceptors (Lipinski definition) is 4. The zero-order chi connectivity index (χ0) is 14.4. The van der Waals surface area contributed by atoms with Gasteiger partial charge in [0.05, 0.1) is 12.1 Å². The minimum absolute atomic E-state index is 0.163. The van der Waals surface area contributed by atoms with Crippen LogP contribution in [-0.2, 0) is 9.53 Å². The topological polar surface area (TPSA) is 50.7 Å².